The van der Waals surface area contributed by atoms with E-state index in [1.54, 1.807) is 0 Å². The Morgan fingerprint density at radius 2 is 2.07 bits per heavy atom. The molecule has 0 bridgehead atoms. The van der Waals surface area contributed by atoms with Gasteiger partial charge in [-0.1, -0.05) is 6.07 Å². The first-order valence-electron chi connectivity index (χ1n) is 4.33. The van der Waals surface area contributed by atoms with Gasteiger partial charge in [0.25, 0.3) is 0 Å². The van der Waals surface area contributed by atoms with Crippen LogP contribution in [0.3, 0.4) is 0 Å². The normalized spacial score (nSPS) is 13.9. The number of aromatic nitrogens is 1. The molecule has 0 fully saturated rings. The molecule has 1 aromatic heterocycles. The van der Waals surface area contributed by atoms with E-state index in [1.165, 1.54) is 6.07 Å². The van der Waals surface area contributed by atoms with E-state index in [2.05, 4.69) is 4.98 Å². The lowest BCUT2D eigenvalue weighted by Gasteiger charge is -2.12. The number of aliphatic hydroxyl groups excluding tert-OH is 1. The van der Waals surface area contributed by atoms with E-state index in [9.17, 15) is 13.2 Å². The summed E-state index contributed by atoms with van der Waals surface area (Å²) in [5.74, 6) is -0.361. The number of nitrogens with two attached hydrogens (primary N) is 1. The van der Waals surface area contributed by atoms with Crippen LogP contribution in [0.15, 0.2) is 18.3 Å². The second kappa shape index (κ2) is 4.59. The van der Waals surface area contributed by atoms with Crippen LogP contribution in [0.4, 0.5) is 13.2 Å². The first-order valence-corrected chi connectivity index (χ1v) is 4.33. The molecule has 3 nitrogen and oxygen atoms in total. The Hall–Kier alpha value is -1.14. The predicted molar refractivity (Wildman–Crippen MR) is 48.1 cm³/mol. The van der Waals surface area contributed by atoms with Crippen LogP contribution in [0.2, 0.25) is 0 Å². The van der Waals surface area contributed by atoms with Gasteiger partial charge in [-0.3, -0.25) is 4.98 Å². The quantitative estimate of drug-likeness (QED) is 0.802. The molecule has 0 aliphatic carbocycles. The number of aliphatic hydroxyl groups is 1. The van der Waals surface area contributed by atoms with Crippen LogP contribution in [0.25, 0.3) is 0 Å². The molecule has 1 aromatic rings. The van der Waals surface area contributed by atoms with Crippen molar-refractivity contribution in [3.63, 3.8) is 0 Å². The van der Waals surface area contributed by atoms with Crippen molar-refractivity contribution < 1.29 is 18.3 Å². The zero-order valence-corrected chi connectivity index (χ0v) is 7.83. The van der Waals surface area contributed by atoms with Gasteiger partial charge in [-0.25, -0.2) is 0 Å². The predicted octanol–water partition coefficient (Wildman–Crippen LogP) is 1.14. The molecule has 0 saturated heterocycles. The highest BCUT2D eigenvalue weighted by molar-refractivity contribution is 5.20. The molecule has 1 atom stereocenters. The van der Waals surface area contributed by atoms with Crippen molar-refractivity contribution in [2.24, 2.45) is 5.73 Å². The fourth-order valence-corrected chi connectivity index (χ4v) is 1.13. The van der Waals surface area contributed by atoms with Gasteiger partial charge in [-0.2, -0.15) is 13.2 Å². The number of halogens is 3. The second-order valence-electron chi connectivity index (χ2n) is 3.09. The number of hydrogen-bond donors (Lipinski definition) is 2. The lowest BCUT2D eigenvalue weighted by molar-refractivity contribution is -0.141. The van der Waals surface area contributed by atoms with Crippen LogP contribution in [-0.4, -0.2) is 23.2 Å². The highest BCUT2D eigenvalue weighted by atomic mass is 19.4. The topological polar surface area (TPSA) is 59.1 Å². The summed E-state index contributed by atoms with van der Waals surface area (Å²) < 4.78 is 36.4. The summed E-state index contributed by atoms with van der Waals surface area (Å²) >= 11 is 0. The summed E-state index contributed by atoms with van der Waals surface area (Å²) in [7, 11) is 0. The second-order valence-corrected chi connectivity index (χ2v) is 3.09. The van der Waals surface area contributed by atoms with Gasteiger partial charge < -0.3 is 10.8 Å². The van der Waals surface area contributed by atoms with Gasteiger partial charge in [0.05, 0.1) is 6.61 Å². The van der Waals surface area contributed by atoms with E-state index in [4.69, 9.17) is 10.8 Å². The average molecular weight is 220 g/mol. The first-order chi connectivity index (χ1) is 6.99. The van der Waals surface area contributed by atoms with Crippen molar-refractivity contribution in [2.45, 2.75) is 12.1 Å². The Balaban J connectivity index is 2.89. The Bertz CT molecular complexity index is 306. The van der Waals surface area contributed by atoms with Gasteiger partial charge in [-0.05, 0) is 11.6 Å². The lowest BCUT2D eigenvalue weighted by atomic mass is 10.0. The third kappa shape index (κ3) is 2.90. The minimum absolute atomic E-state index is 0.170. The molecule has 6 heteroatoms. The van der Waals surface area contributed by atoms with Crippen molar-refractivity contribution >= 4 is 0 Å². The van der Waals surface area contributed by atoms with Crippen LogP contribution in [0.1, 0.15) is 17.2 Å². The minimum Gasteiger partial charge on any atom is -0.396 e. The molecular weight excluding hydrogens is 209 g/mol. The molecule has 0 radical (unpaired) electrons. The van der Waals surface area contributed by atoms with E-state index in [0.29, 0.717) is 5.56 Å². The summed E-state index contributed by atoms with van der Waals surface area (Å²) in [5, 5.41) is 8.88. The summed E-state index contributed by atoms with van der Waals surface area (Å²) in [5.41, 5.74) is 4.89. The molecule has 1 rings (SSSR count). The maximum absolute atomic E-state index is 12.1. The minimum atomic E-state index is -4.43. The van der Waals surface area contributed by atoms with Gasteiger partial charge >= 0.3 is 6.18 Å². The van der Waals surface area contributed by atoms with Crippen LogP contribution >= 0.6 is 0 Å². The van der Waals surface area contributed by atoms with Crippen LogP contribution in [0.5, 0.6) is 0 Å². The Morgan fingerprint density at radius 3 is 2.40 bits per heavy atom. The van der Waals surface area contributed by atoms with Gasteiger partial charge in [0.1, 0.15) is 5.69 Å². The van der Waals surface area contributed by atoms with Crippen molar-refractivity contribution in [2.75, 3.05) is 13.2 Å². The first kappa shape index (κ1) is 11.9. The number of nitrogens with zero attached hydrogens (tertiary/aromatic N) is 1. The van der Waals surface area contributed by atoms with E-state index >= 15 is 0 Å². The van der Waals surface area contributed by atoms with Crippen molar-refractivity contribution in [1.82, 2.24) is 4.98 Å². The number of hydrogen-bond acceptors (Lipinski definition) is 3. The molecule has 0 aliphatic rings. The van der Waals surface area contributed by atoms with Crippen LogP contribution < -0.4 is 5.73 Å². The number of alkyl halides is 3. The monoisotopic (exact) mass is 220 g/mol. The van der Waals surface area contributed by atoms with Crippen molar-refractivity contribution in [3.05, 3.63) is 29.6 Å². The highest BCUT2D eigenvalue weighted by Gasteiger charge is 2.32. The molecule has 1 unspecified atom stereocenters. The van der Waals surface area contributed by atoms with E-state index in [-0.39, 0.29) is 19.1 Å². The zero-order chi connectivity index (χ0) is 11.5. The molecular formula is C9H11F3N2O. The van der Waals surface area contributed by atoms with Gasteiger partial charge in [-0.15, -0.1) is 0 Å². The summed E-state index contributed by atoms with van der Waals surface area (Å²) in [4.78, 5) is 3.28. The molecule has 0 aliphatic heterocycles. The number of pyridine rings is 1. The Kier molecular flexibility index (Phi) is 3.65. The van der Waals surface area contributed by atoms with E-state index < -0.39 is 11.9 Å². The Labute approximate surface area is 84.7 Å². The molecule has 84 valence electrons. The van der Waals surface area contributed by atoms with Gasteiger partial charge in [0, 0.05) is 18.7 Å². The molecule has 1 heterocycles. The molecule has 0 spiro atoms. The lowest BCUT2D eigenvalue weighted by Crippen LogP contribution is -2.17. The van der Waals surface area contributed by atoms with Crippen LogP contribution in [0, 0.1) is 0 Å². The average Bonchev–Trinajstić information content (AvgIpc) is 2.19. The fraction of sp³-hybridized carbons (Fsp3) is 0.444. The van der Waals surface area contributed by atoms with E-state index in [0.717, 1.165) is 12.3 Å². The smallest absolute Gasteiger partial charge is 0.396 e. The fourth-order valence-electron chi connectivity index (χ4n) is 1.13. The third-order valence-corrected chi connectivity index (χ3v) is 2.05. The largest absolute Gasteiger partial charge is 0.433 e. The standard InChI is InChI=1S/C9H11F3N2O/c10-9(11,12)8-2-1-6(4-14-8)7(3-13)5-15/h1-2,4,7,15H,3,5,13H2. The summed E-state index contributed by atoms with van der Waals surface area (Å²) in [6.45, 7) is -0.0346. The van der Waals surface area contributed by atoms with Gasteiger partial charge in [0.15, 0.2) is 0 Å². The highest BCUT2D eigenvalue weighted by Crippen LogP contribution is 2.27. The summed E-state index contributed by atoms with van der Waals surface area (Å²) in [6.07, 6.45) is -3.34. The summed E-state index contributed by atoms with van der Waals surface area (Å²) in [6, 6.07) is 2.16. The maximum atomic E-state index is 12.1. The zero-order valence-electron chi connectivity index (χ0n) is 7.83. The number of rotatable bonds is 3. The van der Waals surface area contributed by atoms with Crippen molar-refractivity contribution in [3.8, 4) is 0 Å². The third-order valence-electron chi connectivity index (χ3n) is 2.05. The molecule has 3 N–H and O–H groups in total. The van der Waals surface area contributed by atoms with Gasteiger partial charge in [0.2, 0.25) is 0 Å². The van der Waals surface area contributed by atoms with Crippen molar-refractivity contribution in [1.29, 1.82) is 0 Å². The SMILES string of the molecule is NCC(CO)c1ccc(C(F)(F)F)nc1. The Morgan fingerprint density at radius 1 is 1.40 bits per heavy atom. The van der Waals surface area contributed by atoms with Crippen LogP contribution in [-0.2, 0) is 6.18 Å². The molecule has 0 amide bonds. The molecule has 0 saturated carbocycles. The molecule has 0 aromatic carbocycles. The molecule has 15 heavy (non-hydrogen) atoms. The van der Waals surface area contributed by atoms with E-state index in [1.807, 2.05) is 0 Å². The maximum Gasteiger partial charge on any atom is 0.433 e.